The second kappa shape index (κ2) is 17.9. The molecule has 5 N–H and O–H groups in total. The number of carbonyl (C=O) groups is 2. The maximum atomic E-state index is 12.3. The van der Waals surface area contributed by atoms with Gasteiger partial charge in [0, 0.05) is 37.1 Å². The van der Waals surface area contributed by atoms with Crippen LogP contribution >= 0.6 is 11.8 Å². The molecule has 1 aliphatic rings. The van der Waals surface area contributed by atoms with E-state index >= 15 is 0 Å². The van der Waals surface area contributed by atoms with Gasteiger partial charge in [-0.15, -0.1) is 5.10 Å². The molecule has 0 bridgehead atoms. The van der Waals surface area contributed by atoms with Crippen molar-refractivity contribution in [3.05, 3.63) is 119 Å². The molecule has 5 aromatic rings. The highest BCUT2D eigenvalue weighted by molar-refractivity contribution is 7.99. The van der Waals surface area contributed by atoms with Gasteiger partial charge in [0.25, 0.3) is 0 Å². The molecule has 13 nitrogen and oxygen atoms in total. The Morgan fingerprint density at radius 2 is 1.58 bits per heavy atom. The van der Waals surface area contributed by atoms with Gasteiger partial charge in [0.1, 0.15) is 5.75 Å². The van der Waals surface area contributed by atoms with Crippen LogP contribution in [0.15, 0.2) is 102 Å². The van der Waals surface area contributed by atoms with Crippen molar-refractivity contribution in [1.82, 2.24) is 31.0 Å². The van der Waals surface area contributed by atoms with Gasteiger partial charge in [-0.25, -0.2) is 5.48 Å². The third kappa shape index (κ3) is 9.80. The first-order chi connectivity index (χ1) is 25.4. The van der Waals surface area contributed by atoms with Crippen LogP contribution in [0.4, 0.5) is 0 Å². The van der Waals surface area contributed by atoms with Crippen LogP contribution in [0.3, 0.4) is 0 Å². The van der Waals surface area contributed by atoms with Crippen molar-refractivity contribution < 1.29 is 34.5 Å². The van der Waals surface area contributed by atoms with E-state index in [0.717, 1.165) is 39.1 Å². The van der Waals surface area contributed by atoms with Crippen molar-refractivity contribution in [1.29, 1.82) is 0 Å². The van der Waals surface area contributed by atoms with Crippen LogP contribution < -0.4 is 10.8 Å². The van der Waals surface area contributed by atoms with Crippen LogP contribution in [0.2, 0.25) is 0 Å². The van der Waals surface area contributed by atoms with E-state index < -0.39 is 12.2 Å². The molecule has 0 saturated carbocycles. The minimum Gasteiger partial charge on any atom is -0.508 e. The average molecular weight is 725 g/mol. The number of hydrogen-bond acceptors (Lipinski definition) is 11. The fraction of sp³-hybridized carbons (Fsp3) is 0.289. The summed E-state index contributed by atoms with van der Waals surface area (Å²) in [6, 6.07) is 30.4. The summed E-state index contributed by atoms with van der Waals surface area (Å²) in [5.74, 6) is 0.167. The Kier molecular flexibility index (Phi) is 12.6. The highest BCUT2D eigenvalue weighted by Crippen LogP contribution is 2.40. The molecule has 0 aliphatic carbocycles. The number of ether oxygens (including phenoxy) is 2. The Hall–Kier alpha value is -5.12. The fourth-order valence-electron chi connectivity index (χ4n) is 5.82. The lowest BCUT2D eigenvalue weighted by atomic mass is 9.99. The molecule has 1 aromatic heterocycles. The van der Waals surface area contributed by atoms with E-state index in [-0.39, 0.29) is 36.9 Å². The van der Waals surface area contributed by atoms with Crippen molar-refractivity contribution in [2.24, 2.45) is 0 Å². The van der Waals surface area contributed by atoms with E-state index in [4.69, 9.17) is 14.7 Å². The Labute approximate surface area is 304 Å². The van der Waals surface area contributed by atoms with Gasteiger partial charge in [-0.3, -0.25) is 14.8 Å². The van der Waals surface area contributed by atoms with E-state index in [0.29, 0.717) is 43.1 Å². The standard InChI is InChI=1S/C38H40N6O7S/c45-23-25-8-10-28(11-9-25)34-21-33(24-52-38-40-42-43-44(38)31-16-18-32(46)19-17-31)50-37(51-34)29-14-12-27(13-15-29)30-5-3-4-26(20-30)22-39-35(47)6-1-2-7-36(48)41-49/h3-5,8-20,33-34,37,45-46,49H,1-2,6-7,21-24H2,(H,39,47)(H,41,48). The number of tetrazole rings is 1. The number of nitrogens with one attached hydrogen (secondary N) is 2. The number of carbonyl (C=O) groups excluding carboxylic acids is 2. The van der Waals surface area contributed by atoms with Crippen molar-refractivity contribution in [2.45, 2.75) is 68.9 Å². The number of benzene rings is 4. The van der Waals surface area contributed by atoms with E-state index in [2.05, 4.69) is 20.8 Å². The zero-order valence-corrected chi connectivity index (χ0v) is 29.1. The molecular weight excluding hydrogens is 685 g/mol. The van der Waals surface area contributed by atoms with E-state index in [1.54, 1.807) is 34.4 Å². The minimum atomic E-state index is -0.636. The van der Waals surface area contributed by atoms with Crippen LogP contribution in [-0.4, -0.2) is 59.3 Å². The van der Waals surface area contributed by atoms with Crippen LogP contribution in [-0.2, 0) is 32.2 Å². The maximum absolute atomic E-state index is 12.3. The molecular formula is C38H40N6O7S. The number of phenols is 1. The predicted octanol–water partition coefficient (Wildman–Crippen LogP) is 5.55. The number of nitrogens with zero attached hydrogens (tertiary/aromatic N) is 4. The van der Waals surface area contributed by atoms with Gasteiger partial charge in [-0.1, -0.05) is 78.5 Å². The fourth-order valence-corrected chi connectivity index (χ4v) is 6.73. The summed E-state index contributed by atoms with van der Waals surface area (Å²) >= 11 is 1.47. The van der Waals surface area contributed by atoms with Crippen LogP contribution in [0.25, 0.3) is 16.8 Å². The van der Waals surface area contributed by atoms with Crippen molar-refractivity contribution in [3.63, 3.8) is 0 Å². The Morgan fingerprint density at radius 1 is 0.846 bits per heavy atom. The van der Waals surface area contributed by atoms with Gasteiger partial charge in [0.15, 0.2) is 6.29 Å². The number of thioether (sulfide) groups is 1. The lowest BCUT2D eigenvalue weighted by Crippen LogP contribution is -2.31. The van der Waals surface area contributed by atoms with E-state index in [9.17, 15) is 19.8 Å². The molecule has 1 saturated heterocycles. The molecule has 2 heterocycles. The quantitative estimate of drug-likeness (QED) is 0.0396. The second-order valence-electron chi connectivity index (χ2n) is 12.4. The van der Waals surface area contributed by atoms with Crippen LogP contribution in [0.1, 0.15) is 66.8 Å². The van der Waals surface area contributed by atoms with Crippen molar-refractivity contribution >= 4 is 23.6 Å². The van der Waals surface area contributed by atoms with Gasteiger partial charge in [-0.05, 0) is 81.4 Å². The third-order valence-corrected chi connectivity index (χ3v) is 9.71. The first-order valence-electron chi connectivity index (χ1n) is 17.0. The first-order valence-corrected chi connectivity index (χ1v) is 18.0. The summed E-state index contributed by atoms with van der Waals surface area (Å²) in [4.78, 5) is 23.4. The van der Waals surface area contributed by atoms with Gasteiger partial charge < -0.3 is 25.0 Å². The Balaban J connectivity index is 1.11. The molecule has 3 atom stereocenters. The number of amides is 2. The van der Waals surface area contributed by atoms with E-state index in [1.807, 2.05) is 72.8 Å². The lowest BCUT2D eigenvalue weighted by molar-refractivity contribution is -0.245. The summed E-state index contributed by atoms with van der Waals surface area (Å²) in [6.45, 7) is 0.346. The number of aliphatic hydroxyl groups is 1. The number of unbranched alkanes of at least 4 members (excludes halogenated alkanes) is 1. The van der Waals surface area contributed by atoms with Crippen molar-refractivity contribution in [3.8, 4) is 22.6 Å². The average Bonchev–Trinajstić information content (AvgIpc) is 3.67. The highest BCUT2D eigenvalue weighted by Gasteiger charge is 2.32. The molecule has 1 fully saturated rings. The molecule has 4 aromatic carbocycles. The number of rotatable bonds is 15. The molecule has 1 aliphatic heterocycles. The normalized spacial score (nSPS) is 17.1. The van der Waals surface area contributed by atoms with Gasteiger partial charge >= 0.3 is 0 Å². The lowest BCUT2D eigenvalue weighted by Gasteiger charge is -2.36. The number of aliphatic hydroxyl groups excluding tert-OH is 1. The molecule has 6 rings (SSSR count). The molecule has 2 amide bonds. The summed E-state index contributed by atoms with van der Waals surface area (Å²) in [5, 5.41) is 43.6. The third-order valence-electron chi connectivity index (χ3n) is 8.66. The summed E-state index contributed by atoms with van der Waals surface area (Å²) in [7, 11) is 0. The Morgan fingerprint density at radius 3 is 2.31 bits per heavy atom. The predicted molar refractivity (Wildman–Crippen MR) is 192 cm³/mol. The number of hydrogen-bond donors (Lipinski definition) is 5. The summed E-state index contributed by atoms with van der Waals surface area (Å²) < 4.78 is 14.7. The van der Waals surface area contributed by atoms with Gasteiger partial charge in [-0.2, -0.15) is 4.68 Å². The SMILES string of the molecule is O=C(CCCCC(=O)NCc1cccc(-c2ccc(C3OC(CSc4nnnn4-c4ccc(O)cc4)CC(c4ccc(CO)cc4)O3)cc2)c1)NO. The number of phenolic OH excluding ortho intramolecular Hbond substituents is 1. The van der Waals surface area contributed by atoms with Crippen LogP contribution in [0.5, 0.6) is 5.75 Å². The molecule has 0 radical (unpaired) electrons. The largest absolute Gasteiger partial charge is 0.508 e. The summed E-state index contributed by atoms with van der Waals surface area (Å²) in [5.41, 5.74) is 7.96. The van der Waals surface area contributed by atoms with Gasteiger partial charge in [0.05, 0.1) is 24.5 Å². The highest BCUT2D eigenvalue weighted by atomic mass is 32.2. The Bertz CT molecular complexity index is 1920. The first kappa shape index (κ1) is 36.7. The second-order valence-corrected chi connectivity index (χ2v) is 13.4. The molecule has 52 heavy (non-hydrogen) atoms. The number of aromatic nitrogens is 4. The smallest absolute Gasteiger partial charge is 0.243 e. The monoisotopic (exact) mass is 724 g/mol. The number of hydroxylamine groups is 1. The zero-order valence-electron chi connectivity index (χ0n) is 28.3. The maximum Gasteiger partial charge on any atom is 0.243 e. The molecule has 14 heteroatoms. The molecule has 270 valence electrons. The van der Waals surface area contributed by atoms with Crippen LogP contribution in [0, 0.1) is 0 Å². The van der Waals surface area contributed by atoms with Crippen molar-refractivity contribution in [2.75, 3.05) is 5.75 Å². The molecule has 0 spiro atoms. The molecule has 3 unspecified atom stereocenters. The van der Waals surface area contributed by atoms with E-state index in [1.165, 1.54) is 11.8 Å². The zero-order chi connectivity index (χ0) is 36.3. The van der Waals surface area contributed by atoms with Gasteiger partial charge in [0.2, 0.25) is 17.0 Å². The summed E-state index contributed by atoms with van der Waals surface area (Å²) in [6.07, 6.45) is 1.06. The topological polar surface area (TPSA) is 181 Å². The number of aromatic hydroxyl groups is 1. The minimum absolute atomic E-state index is 0.0362.